The summed E-state index contributed by atoms with van der Waals surface area (Å²) in [5.74, 6) is 0. The standard InChI is InChI=1S/C14H21NOS/c1-2-13(15-7-9-16-10-8-15)11-12-3-5-14(17)6-4-12/h3-6,13,17H,2,7-11H2,1H3. The second-order valence-corrected chi connectivity index (χ2v) is 5.10. The average Bonchev–Trinajstić information content (AvgIpc) is 2.39. The number of morpholine rings is 1. The molecule has 0 spiro atoms. The smallest absolute Gasteiger partial charge is 0.0594 e. The average molecular weight is 251 g/mol. The lowest BCUT2D eigenvalue weighted by Gasteiger charge is -2.34. The number of ether oxygens (including phenoxy) is 1. The first kappa shape index (κ1) is 12.9. The normalized spacial score (nSPS) is 19.2. The maximum Gasteiger partial charge on any atom is 0.0594 e. The molecule has 1 saturated heterocycles. The van der Waals surface area contributed by atoms with E-state index in [0.29, 0.717) is 6.04 Å². The van der Waals surface area contributed by atoms with E-state index in [1.165, 1.54) is 12.0 Å². The molecule has 2 rings (SSSR count). The molecule has 1 aromatic carbocycles. The second kappa shape index (κ2) is 6.43. The number of benzene rings is 1. The lowest BCUT2D eigenvalue weighted by molar-refractivity contribution is 0.0158. The van der Waals surface area contributed by atoms with Crippen LogP contribution in [0, 0.1) is 0 Å². The van der Waals surface area contributed by atoms with Gasteiger partial charge in [0, 0.05) is 24.0 Å². The summed E-state index contributed by atoms with van der Waals surface area (Å²) in [4.78, 5) is 3.59. The first-order chi connectivity index (χ1) is 8.29. The molecule has 0 saturated carbocycles. The van der Waals surface area contributed by atoms with Crippen molar-refractivity contribution in [3.8, 4) is 0 Å². The van der Waals surface area contributed by atoms with E-state index in [1.807, 2.05) is 0 Å². The zero-order valence-electron chi connectivity index (χ0n) is 10.4. The molecule has 3 heteroatoms. The van der Waals surface area contributed by atoms with Crippen LogP contribution >= 0.6 is 12.6 Å². The van der Waals surface area contributed by atoms with Gasteiger partial charge in [-0.1, -0.05) is 19.1 Å². The van der Waals surface area contributed by atoms with E-state index < -0.39 is 0 Å². The highest BCUT2D eigenvalue weighted by molar-refractivity contribution is 7.80. The molecular formula is C14H21NOS. The van der Waals surface area contributed by atoms with Crippen molar-refractivity contribution >= 4 is 12.6 Å². The summed E-state index contributed by atoms with van der Waals surface area (Å²) in [6, 6.07) is 9.16. The molecule has 0 bridgehead atoms. The van der Waals surface area contributed by atoms with Crippen LogP contribution in [-0.2, 0) is 11.2 Å². The van der Waals surface area contributed by atoms with Gasteiger partial charge in [-0.05, 0) is 30.5 Å². The largest absolute Gasteiger partial charge is 0.379 e. The fraction of sp³-hybridized carbons (Fsp3) is 0.571. The van der Waals surface area contributed by atoms with Crippen LogP contribution in [0.3, 0.4) is 0 Å². The Hall–Kier alpha value is -0.510. The van der Waals surface area contributed by atoms with Crippen molar-refractivity contribution in [2.24, 2.45) is 0 Å². The quantitative estimate of drug-likeness (QED) is 0.826. The van der Waals surface area contributed by atoms with Gasteiger partial charge in [0.1, 0.15) is 0 Å². The van der Waals surface area contributed by atoms with Crippen molar-refractivity contribution in [1.82, 2.24) is 4.90 Å². The molecule has 0 radical (unpaired) electrons. The fourth-order valence-corrected chi connectivity index (χ4v) is 2.53. The monoisotopic (exact) mass is 251 g/mol. The Labute approximate surface area is 109 Å². The number of rotatable bonds is 4. The van der Waals surface area contributed by atoms with E-state index in [-0.39, 0.29) is 0 Å². The molecule has 0 amide bonds. The van der Waals surface area contributed by atoms with Gasteiger partial charge in [0.15, 0.2) is 0 Å². The maximum atomic E-state index is 5.41. The number of thiol groups is 1. The third kappa shape index (κ3) is 3.73. The minimum atomic E-state index is 0.643. The fourth-order valence-electron chi connectivity index (χ4n) is 2.38. The van der Waals surface area contributed by atoms with Crippen LogP contribution < -0.4 is 0 Å². The number of hydrogen-bond donors (Lipinski definition) is 1. The van der Waals surface area contributed by atoms with E-state index in [9.17, 15) is 0 Å². The molecule has 1 aromatic rings. The highest BCUT2D eigenvalue weighted by atomic mass is 32.1. The maximum absolute atomic E-state index is 5.41. The molecule has 0 aliphatic carbocycles. The number of nitrogens with zero attached hydrogens (tertiary/aromatic N) is 1. The van der Waals surface area contributed by atoms with Crippen LogP contribution in [0.5, 0.6) is 0 Å². The van der Waals surface area contributed by atoms with Crippen LogP contribution in [0.25, 0.3) is 0 Å². The molecule has 1 fully saturated rings. The van der Waals surface area contributed by atoms with E-state index in [0.717, 1.165) is 37.6 Å². The first-order valence-electron chi connectivity index (χ1n) is 6.39. The summed E-state index contributed by atoms with van der Waals surface area (Å²) in [7, 11) is 0. The SMILES string of the molecule is CCC(Cc1ccc(S)cc1)N1CCOCC1. The Balaban J connectivity index is 1.96. The van der Waals surface area contributed by atoms with E-state index in [2.05, 4.69) is 48.7 Å². The van der Waals surface area contributed by atoms with Crippen molar-refractivity contribution in [2.75, 3.05) is 26.3 Å². The van der Waals surface area contributed by atoms with Crippen molar-refractivity contribution in [3.05, 3.63) is 29.8 Å². The minimum absolute atomic E-state index is 0.643. The van der Waals surface area contributed by atoms with Crippen LogP contribution in [0.4, 0.5) is 0 Å². The van der Waals surface area contributed by atoms with E-state index in [4.69, 9.17) is 4.74 Å². The summed E-state index contributed by atoms with van der Waals surface area (Å²) >= 11 is 4.32. The molecule has 94 valence electrons. The van der Waals surface area contributed by atoms with Crippen LogP contribution in [-0.4, -0.2) is 37.2 Å². The van der Waals surface area contributed by atoms with Gasteiger partial charge in [-0.2, -0.15) is 0 Å². The molecule has 2 nitrogen and oxygen atoms in total. The van der Waals surface area contributed by atoms with Crippen molar-refractivity contribution in [3.63, 3.8) is 0 Å². The van der Waals surface area contributed by atoms with Gasteiger partial charge in [-0.3, -0.25) is 4.90 Å². The van der Waals surface area contributed by atoms with Gasteiger partial charge in [-0.25, -0.2) is 0 Å². The highest BCUT2D eigenvalue weighted by Crippen LogP contribution is 2.15. The highest BCUT2D eigenvalue weighted by Gasteiger charge is 2.19. The molecule has 0 aromatic heterocycles. The second-order valence-electron chi connectivity index (χ2n) is 4.58. The topological polar surface area (TPSA) is 12.5 Å². The Morgan fingerprint density at radius 2 is 1.88 bits per heavy atom. The van der Waals surface area contributed by atoms with Gasteiger partial charge in [0.2, 0.25) is 0 Å². The molecule has 1 unspecified atom stereocenters. The van der Waals surface area contributed by atoms with Crippen LogP contribution in [0.2, 0.25) is 0 Å². The van der Waals surface area contributed by atoms with Crippen molar-refractivity contribution in [2.45, 2.75) is 30.7 Å². The van der Waals surface area contributed by atoms with E-state index >= 15 is 0 Å². The van der Waals surface area contributed by atoms with Crippen LogP contribution in [0.1, 0.15) is 18.9 Å². The Bertz CT molecular complexity index is 333. The van der Waals surface area contributed by atoms with Gasteiger partial charge in [0.25, 0.3) is 0 Å². The summed E-state index contributed by atoms with van der Waals surface area (Å²) < 4.78 is 5.41. The molecule has 0 N–H and O–H groups in total. The molecule has 1 aliphatic heterocycles. The molecule has 1 atom stereocenters. The van der Waals surface area contributed by atoms with E-state index in [1.54, 1.807) is 0 Å². The summed E-state index contributed by atoms with van der Waals surface area (Å²) in [6.07, 6.45) is 2.33. The lowest BCUT2D eigenvalue weighted by Crippen LogP contribution is -2.44. The predicted octanol–water partition coefficient (Wildman–Crippen LogP) is 2.63. The first-order valence-corrected chi connectivity index (χ1v) is 6.84. The van der Waals surface area contributed by atoms with Crippen molar-refractivity contribution < 1.29 is 4.74 Å². The summed E-state index contributed by atoms with van der Waals surface area (Å²) in [6.45, 7) is 6.18. The van der Waals surface area contributed by atoms with Gasteiger partial charge >= 0.3 is 0 Å². The van der Waals surface area contributed by atoms with Crippen LogP contribution in [0.15, 0.2) is 29.2 Å². The Kier molecular flexibility index (Phi) is 4.89. The third-order valence-electron chi connectivity index (χ3n) is 3.44. The summed E-state index contributed by atoms with van der Waals surface area (Å²) in [5.41, 5.74) is 1.40. The molecule has 17 heavy (non-hydrogen) atoms. The predicted molar refractivity (Wildman–Crippen MR) is 73.9 cm³/mol. The zero-order valence-corrected chi connectivity index (χ0v) is 11.3. The Morgan fingerprint density at radius 3 is 2.47 bits per heavy atom. The number of hydrogen-bond acceptors (Lipinski definition) is 3. The minimum Gasteiger partial charge on any atom is -0.379 e. The van der Waals surface area contributed by atoms with Crippen molar-refractivity contribution in [1.29, 1.82) is 0 Å². The van der Waals surface area contributed by atoms with Gasteiger partial charge in [-0.15, -0.1) is 12.6 Å². The molecular weight excluding hydrogens is 230 g/mol. The Morgan fingerprint density at radius 1 is 1.24 bits per heavy atom. The van der Waals surface area contributed by atoms with Gasteiger partial charge < -0.3 is 4.74 Å². The third-order valence-corrected chi connectivity index (χ3v) is 3.74. The van der Waals surface area contributed by atoms with Gasteiger partial charge in [0.05, 0.1) is 13.2 Å². The molecule has 1 heterocycles. The summed E-state index contributed by atoms with van der Waals surface area (Å²) in [5, 5.41) is 0. The molecule has 1 aliphatic rings. The lowest BCUT2D eigenvalue weighted by atomic mass is 10.0. The zero-order chi connectivity index (χ0) is 12.1.